The zero-order chi connectivity index (χ0) is 21.0. The molecule has 0 unspecified atom stereocenters. The second-order valence-corrected chi connectivity index (χ2v) is 9.90. The first kappa shape index (κ1) is 20.5. The van der Waals surface area contributed by atoms with E-state index in [1.54, 1.807) is 0 Å². The lowest BCUT2D eigenvalue weighted by Gasteiger charge is -2.20. The first-order valence-corrected chi connectivity index (χ1v) is 11.6. The smallest absolute Gasteiger partial charge is 0.399 e. The van der Waals surface area contributed by atoms with Gasteiger partial charge in [0, 0.05) is 38.9 Å². The number of aromatic nitrogens is 1. The van der Waals surface area contributed by atoms with E-state index in [-0.39, 0.29) is 4.47 Å². The lowest BCUT2D eigenvalue weighted by Crippen LogP contribution is -2.15. The number of nitrogens with two attached hydrogens (primary N) is 1. The summed E-state index contributed by atoms with van der Waals surface area (Å²) >= 11 is 3.06. The van der Waals surface area contributed by atoms with Crippen LogP contribution in [0.3, 0.4) is 0 Å². The number of aryl methyl sites for hydroxylation is 1. The molecular weight excluding hydrogens is 465 g/mol. The normalized spacial score (nSPS) is 14.9. The van der Waals surface area contributed by atoms with Gasteiger partial charge in [0.2, 0.25) is 0 Å². The maximum absolute atomic E-state index is 14.1. The molecule has 3 aromatic rings. The van der Waals surface area contributed by atoms with Crippen molar-refractivity contribution in [1.82, 2.24) is 4.57 Å². The molecule has 0 radical (unpaired) electrons. The zero-order valence-corrected chi connectivity index (χ0v) is 17.9. The van der Waals surface area contributed by atoms with Gasteiger partial charge >= 0.3 is 13.3 Å². The molecule has 2 aromatic carbocycles. The van der Waals surface area contributed by atoms with Crippen LogP contribution in [0.15, 0.2) is 40.9 Å². The highest BCUT2D eigenvalue weighted by Crippen LogP contribution is 2.60. The molecule has 4 rings (SSSR count). The van der Waals surface area contributed by atoms with Crippen LogP contribution in [-0.4, -0.2) is 14.4 Å². The summed E-state index contributed by atoms with van der Waals surface area (Å²) in [7, 11) is -5.62. The van der Waals surface area contributed by atoms with Crippen molar-refractivity contribution in [2.24, 2.45) is 0 Å². The minimum Gasteiger partial charge on any atom is -0.399 e. The lowest BCUT2D eigenvalue weighted by atomic mass is 9.95. The molecule has 1 heterocycles. The molecule has 29 heavy (non-hydrogen) atoms. The van der Waals surface area contributed by atoms with E-state index in [1.807, 2.05) is 18.2 Å². The molecule has 5 nitrogen and oxygen atoms in total. The third-order valence-electron chi connectivity index (χ3n) is 5.47. The van der Waals surface area contributed by atoms with Crippen molar-refractivity contribution in [2.75, 3.05) is 5.73 Å². The second kappa shape index (κ2) is 7.20. The largest absolute Gasteiger partial charge is 0.399 e. The Morgan fingerprint density at radius 2 is 1.86 bits per heavy atom. The Kier molecular flexibility index (Phi) is 5.10. The molecule has 0 amide bonds. The van der Waals surface area contributed by atoms with E-state index in [9.17, 15) is 13.3 Å². The third kappa shape index (κ3) is 3.52. The summed E-state index contributed by atoms with van der Waals surface area (Å²) in [6, 6.07) is 9.88. The summed E-state index contributed by atoms with van der Waals surface area (Å²) in [6.07, 6.45) is 4.15. The van der Waals surface area contributed by atoms with E-state index in [0.717, 1.165) is 48.2 Å². The average Bonchev–Trinajstić information content (AvgIpc) is 2.94. The topological polar surface area (TPSA) is 88.5 Å². The number of fused-ring (bicyclic) bond motifs is 3. The third-order valence-corrected chi connectivity index (χ3v) is 7.09. The van der Waals surface area contributed by atoms with Gasteiger partial charge in [-0.2, -0.15) is 8.78 Å². The monoisotopic (exact) mass is 484 g/mol. The summed E-state index contributed by atoms with van der Waals surface area (Å²) in [5, 5.41) is 1.13. The van der Waals surface area contributed by atoms with E-state index in [1.165, 1.54) is 23.4 Å². The molecule has 0 bridgehead atoms. The van der Waals surface area contributed by atoms with Crippen molar-refractivity contribution in [3.8, 4) is 0 Å². The van der Waals surface area contributed by atoms with E-state index in [4.69, 9.17) is 15.5 Å². The standard InChI is InChI=1S/C20H20BrF2N2O3P/c21-17-9-12(5-7-16(17)20(22,23)29(26,27)28)11-25-18-4-2-1-3-14(18)15-10-13(24)6-8-19(15)25/h5-10H,1-4,11,24H2,(H2,26,27,28). The highest BCUT2D eigenvalue weighted by Gasteiger charge is 2.51. The maximum Gasteiger partial charge on any atom is 0.399 e. The Bertz CT molecular complexity index is 1160. The highest BCUT2D eigenvalue weighted by molar-refractivity contribution is 9.10. The van der Waals surface area contributed by atoms with Crippen LogP contribution in [0.4, 0.5) is 14.5 Å². The van der Waals surface area contributed by atoms with Crippen molar-refractivity contribution in [1.29, 1.82) is 0 Å². The molecule has 4 N–H and O–H groups in total. The van der Waals surface area contributed by atoms with Crippen LogP contribution in [0, 0.1) is 0 Å². The number of alkyl halides is 2. The summed E-state index contributed by atoms with van der Waals surface area (Å²) in [6.45, 7) is 0.468. The van der Waals surface area contributed by atoms with Crippen LogP contribution in [0.2, 0.25) is 0 Å². The van der Waals surface area contributed by atoms with E-state index < -0.39 is 18.8 Å². The van der Waals surface area contributed by atoms with Crippen molar-refractivity contribution in [3.05, 3.63) is 63.3 Å². The summed E-state index contributed by atoms with van der Waals surface area (Å²) in [4.78, 5) is 18.0. The first-order valence-electron chi connectivity index (χ1n) is 9.21. The van der Waals surface area contributed by atoms with E-state index in [2.05, 4.69) is 20.5 Å². The van der Waals surface area contributed by atoms with Gasteiger partial charge < -0.3 is 20.1 Å². The number of nitrogens with zero attached hydrogens (tertiary/aromatic N) is 1. The molecule has 0 saturated heterocycles. The van der Waals surface area contributed by atoms with Gasteiger partial charge in [-0.25, -0.2) is 0 Å². The summed E-state index contributed by atoms with van der Waals surface area (Å²) in [5.74, 6) is 0. The highest BCUT2D eigenvalue weighted by atomic mass is 79.9. The van der Waals surface area contributed by atoms with Gasteiger partial charge in [0.15, 0.2) is 0 Å². The molecule has 0 atom stereocenters. The average molecular weight is 485 g/mol. The molecule has 9 heteroatoms. The van der Waals surface area contributed by atoms with Crippen LogP contribution in [0.25, 0.3) is 10.9 Å². The van der Waals surface area contributed by atoms with Gasteiger partial charge in [-0.3, -0.25) is 4.57 Å². The quantitative estimate of drug-likeness (QED) is 0.353. The first-order chi connectivity index (χ1) is 13.6. The number of rotatable bonds is 4. The SMILES string of the molecule is Nc1ccc2c(c1)c1c(n2Cc2ccc(C(F)(F)P(=O)(O)O)c(Br)c2)CCCC1. The summed E-state index contributed by atoms with van der Waals surface area (Å²) < 4.78 is 41.5. The maximum atomic E-state index is 14.1. The molecular formula is C20H20BrF2N2O3P. The fourth-order valence-corrected chi connectivity index (χ4v) is 5.41. The Balaban J connectivity index is 1.77. The number of nitrogen functional groups attached to an aromatic ring is 1. The predicted octanol–water partition coefficient (Wildman–Crippen LogP) is 5.14. The fourth-order valence-electron chi connectivity index (χ4n) is 4.07. The zero-order valence-electron chi connectivity index (χ0n) is 15.4. The molecule has 0 saturated carbocycles. The predicted molar refractivity (Wildman–Crippen MR) is 112 cm³/mol. The Labute approximate surface area is 174 Å². The Hall–Kier alpha value is -1.73. The molecule has 1 aliphatic rings. The van der Waals surface area contributed by atoms with Crippen LogP contribution < -0.4 is 5.73 Å². The van der Waals surface area contributed by atoms with Crippen LogP contribution in [0.1, 0.15) is 35.2 Å². The van der Waals surface area contributed by atoms with Gasteiger partial charge in [-0.05, 0) is 61.1 Å². The van der Waals surface area contributed by atoms with Crippen LogP contribution >= 0.6 is 23.5 Å². The Morgan fingerprint density at radius 3 is 2.55 bits per heavy atom. The number of benzene rings is 2. The number of hydrogen-bond donors (Lipinski definition) is 3. The summed E-state index contributed by atoms with van der Waals surface area (Å²) in [5.41, 5.74) is 6.04. The molecule has 0 fully saturated rings. The minimum atomic E-state index is -5.62. The fraction of sp³-hybridized carbons (Fsp3) is 0.300. The number of hydrogen-bond acceptors (Lipinski definition) is 2. The molecule has 1 aliphatic carbocycles. The molecule has 1 aromatic heterocycles. The van der Waals surface area contributed by atoms with E-state index in [0.29, 0.717) is 12.2 Å². The van der Waals surface area contributed by atoms with Crippen molar-refractivity contribution in [2.45, 2.75) is 37.9 Å². The Morgan fingerprint density at radius 1 is 1.14 bits per heavy atom. The molecule has 0 spiro atoms. The molecule has 0 aliphatic heterocycles. The molecule has 154 valence electrons. The van der Waals surface area contributed by atoms with Gasteiger partial charge in [0.05, 0.1) is 0 Å². The minimum absolute atomic E-state index is 0.0297. The van der Waals surface area contributed by atoms with Crippen LogP contribution in [-0.2, 0) is 29.6 Å². The second-order valence-electron chi connectivity index (χ2n) is 7.39. The van der Waals surface area contributed by atoms with Gasteiger partial charge in [0.25, 0.3) is 0 Å². The number of halogens is 3. The van der Waals surface area contributed by atoms with Crippen molar-refractivity contribution >= 4 is 40.1 Å². The van der Waals surface area contributed by atoms with Crippen molar-refractivity contribution < 1.29 is 23.1 Å². The number of anilines is 1. The van der Waals surface area contributed by atoms with Gasteiger partial charge in [0.1, 0.15) is 0 Å². The van der Waals surface area contributed by atoms with Gasteiger partial charge in [-0.1, -0.05) is 28.1 Å². The van der Waals surface area contributed by atoms with E-state index >= 15 is 0 Å². The van der Waals surface area contributed by atoms with Gasteiger partial charge in [-0.15, -0.1) is 0 Å². The van der Waals surface area contributed by atoms with Crippen molar-refractivity contribution in [3.63, 3.8) is 0 Å². The lowest BCUT2D eigenvalue weighted by molar-refractivity contribution is 0.0557. The van der Waals surface area contributed by atoms with Crippen LogP contribution in [0.5, 0.6) is 0 Å².